The Kier molecular flexibility index (Phi) is 6.97. The Balaban J connectivity index is 1.23. The van der Waals surface area contributed by atoms with Crippen LogP contribution in [0.15, 0.2) is 169 Å². The molecule has 0 radical (unpaired) electrons. The van der Waals surface area contributed by atoms with Gasteiger partial charge < -0.3 is 4.90 Å². The van der Waals surface area contributed by atoms with Gasteiger partial charge >= 0.3 is 0 Å². The number of allylic oxidation sites excluding steroid dienone is 9. The lowest BCUT2D eigenvalue weighted by molar-refractivity contribution is 0.893. The maximum Gasteiger partial charge on any atom is 0.0461 e. The molecule has 226 valence electrons. The summed E-state index contributed by atoms with van der Waals surface area (Å²) in [6, 6.07) is 42.9. The SMILES string of the molecule is C1=CC(N(c2ccccc2)c2ccc(-c3cc4cc(C5=CCCC6=C5CCC=C6)c5ccccc5c4c4ccccc34)cc2)=CCC1. The molecule has 47 heavy (non-hydrogen) atoms. The van der Waals surface area contributed by atoms with Crippen LogP contribution in [0, 0.1) is 0 Å². The molecule has 6 aromatic rings. The Labute approximate surface area is 277 Å². The molecule has 0 fully saturated rings. The molecule has 0 unspecified atom stereocenters. The van der Waals surface area contributed by atoms with E-state index in [0.29, 0.717) is 0 Å². The van der Waals surface area contributed by atoms with E-state index < -0.39 is 0 Å². The lowest BCUT2D eigenvalue weighted by Gasteiger charge is -2.28. The highest BCUT2D eigenvalue weighted by Crippen LogP contribution is 2.45. The average molecular weight is 604 g/mol. The molecule has 3 aliphatic rings. The van der Waals surface area contributed by atoms with Crippen molar-refractivity contribution in [3.63, 3.8) is 0 Å². The summed E-state index contributed by atoms with van der Waals surface area (Å²) in [7, 11) is 0. The third kappa shape index (κ3) is 4.86. The Hall–Kier alpha value is -5.40. The molecule has 0 heterocycles. The Bertz CT molecular complexity index is 2330. The summed E-state index contributed by atoms with van der Waals surface area (Å²) < 4.78 is 0. The van der Waals surface area contributed by atoms with Crippen molar-refractivity contribution in [3.05, 3.63) is 174 Å². The number of benzene rings is 6. The first-order chi connectivity index (χ1) is 23.3. The lowest BCUT2D eigenvalue weighted by Crippen LogP contribution is -2.16. The monoisotopic (exact) mass is 603 g/mol. The number of nitrogens with zero attached hydrogens (tertiary/aromatic N) is 1. The van der Waals surface area contributed by atoms with Gasteiger partial charge in [-0.2, -0.15) is 0 Å². The van der Waals surface area contributed by atoms with E-state index in [-0.39, 0.29) is 0 Å². The van der Waals surface area contributed by atoms with E-state index in [1.165, 1.54) is 77.2 Å². The standard InChI is InChI=1S/C46H37N/c1-3-16-35(17-4-1)47(36-18-5-2-6-19-36)37-28-26-33(27-29-37)44-30-34-31-45(39-25-13-15-32-14-7-8-20-38(32)39)41-22-10-12-24-43(41)46(34)42-23-11-9-21-40(42)44/h1,3-5,7,9-12,14,16-19,21-31H,2,6,8,13,15,20H2. The molecule has 0 spiro atoms. The molecular weight excluding hydrogens is 567 g/mol. The van der Waals surface area contributed by atoms with Gasteiger partial charge in [0.25, 0.3) is 0 Å². The average Bonchev–Trinajstić information content (AvgIpc) is 3.15. The molecule has 1 heteroatoms. The van der Waals surface area contributed by atoms with Crippen molar-refractivity contribution in [2.45, 2.75) is 38.5 Å². The number of anilines is 2. The van der Waals surface area contributed by atoms with Crippen molar-refractivity contribution in [1.29, 1.82) is 0 Å². The highest BCUT2D eigenvalue weighted by molar-refractivity contribution is 6.25. The molecule has 0 amide bonds. The van der Waals surface area contributed by atoms with Crippen LogP contribution >= 0.6 is 0 Å². The van der Waals surface area contributed by atoms with Gasteiger partial charge in [0.05, 0.1) is 0 Å². The third-order valence-corrected chi connectivity index (χ3v) is 10.2. The van der Waals surface area contributed by atoms with Gasteiger partial charge in [0.15, 0.2) is 0 Å². The van der Waals surface area contributed by atoms with Gasteiger partial charge in [0.1, 0.15) is 0 Å². The van der Waals surface area contributed by atoms with Gasteiger partial charge in [-0.1, -0.05) is 109 Å². The first-order valence-corrected chi connectivity index (χ1v) is 17.1. The van der Waals surface area contributed by atoms with Gasteiger partial charge in [-0.25, -0.2) is 0 Å². The van der Waals surface area contributed by atoms with Crippen molar-refractivity contribution in [1.82, 2.24) is 0 Å². The molecule has 0 saturated heterocycles. The minimum atomic E-state index is 1.07. The first kappa shape index (κ1) is 27.9. The zero-order chi connectivity index (χ0) is 31.2. The minimum Gasteiger partial charge on any atom is -0.311 e. The summed E-state index contributed by atoms with van der Waals surface area (Å²) in [5.41, 5.74) is 12.0. The molecule has 9 rings (SSSR count). The van der Waals surface area contributed by atoms with Gasteiger partial charge in [-0.3, -0.25) is 0 Å². The Morgan fingerprint density at radius 2 is 1.15 bits per heavy atom. The summed E-state index contributed by atoms with van der Waals surface area (Å²) in [6.07, 6.45) is 20.8. The van der Waals surface area contributed by atoms with Gasteiger partial charge in [0, 0.05) is 17.1 Å². The minimum absolute atomic E-state index is 1.07. The number of hydrogen-bond acceptors (Lipinski definition) is 1. The van der Waals surface area contributed by atoms with E-state index in [9.17, 15) is 0 Å². The van der Waals surface area contributed by atoms with Crippen LogP contribution < -0.4 is 4.90 Å². The number of fused-ring (bicyclic) bond motifs is 5. The quantitative estimate of drug-likeness (QED) is 0.177. The van der Waals surface area contributed by atoms with Gasteiger partial charge in [0.2, 0.25) is 0 Å². The smallest absolute Gasteiger partial charge is 0.0461 e. The fourth-order valence-corrected chi connectivity index (χ4v) is 8.05. The van der Waals surface area contributed by atoms with E-state index >= 15 is 0 Å². The molecule has 0 aliphatic heterocycles. The number of hydrogen-bond donors (Lipinski definition) is 0. The van der Waals surface area contributed by atoms with Crippen LogP contribution in [-0.2, 0) is 0 Å². The molecule has 3 aliphatic carbocycles. The largest absolute Gasteiger partial charge is 0.311 e. The number of rotatable bonds is 5. The summed E-state index contributed by atoms with van der Waals surface area (Å²) in [5.74, 6) is 0. The predicted molar refractivity (Wildman–Crippen MR) is 202 cm³/mol. The maximum absolute atomic E-state index is 2.50. The van der Waals surface area contributed by atoms with Gasteiger partial charge in [-0.05, 0) is 147 Å². The molecule has 0 aromatic heterocycles. The molecule has 6 aromatic carbocycles. The molecule has 0 atom stereocenters. The fourth-order valence-electron chi connectivity index (χ4n) is 8.05. The van der Waals surface area contributed by atoms with E-state index in [2.05, 4.69) is 157 Å². The fraction of sp³-hybridized carbons (Fsp3) is 0.130. The van der Waals surface area contributed by atoms with Crippen molar-refractivity contribution in [2.24, 2.45) is 0 Å². The van der Waals surface area contributed by atoms with E-state index in [4.69, 9.17) is 0 Å². The highest BCUT2D eigenvalue weighted by atomic mass is 15.1. The van der Waals surface area contributed by atoms with E-state index in [1.807, 2.05) is 0 Å². The molecule has 0 saturated carbocycles. The summed E-state index contributed by atoms with van der Waals surface area (Å²) in [5, 5.41) is 7.95. The van der Waals surface area contributed by atoms with Crippen LogP contribution in [0.2, 0.25) is 0 Å². The second kappa shape index (κ2) is 11.8. The zero-order valence-corrected chi connectivity index (χ0v) is 26.6. The zero-order valence-electron chi connectivity index (χ0n) is 26.6. The van der Waals surface area contributed by atoms with Crippen molar-refractivity contribution in [3.8, 4) is 11.1 Å². The van der Waals surface area contributed by atoms with E-state index in [1.54, 1.807) is 5.57 Å². The lowest BCUT2D eigenvalue weighted by atomic mass is 9.79. The van der Waals surface area contributed by atoms with Crippen LogP contribution in [0.4, 0.5) is 11.4 Å². The van der Waals surface area contributed by atoms with Crippen molar-refractivity contribution < 1.29 is 0 Å². The molecule has 0 bridgehead atoms. The second-order valence-corrected chi connectivity index (χ2v) is 13.0. The van der Waals surface area contributed by atoms with Crippen LogP contribution in [0.3, 0.4) is 0 Å². The van der Waals surface area contributed by atoms with Crippen LogP contribution in [0.1, 0.15) is 44.1 Å². The molecular formula is C46H37N. The van der Waals surface area contributed by atoms with Gasteiger partial charge in [-0.15, -0.1) is 0 Å². The third-order valence-electron chi connectivity index (χ3n) is 10.2. The van der Waals surface area contributed by atoms with Crippen LogP contribution in [0.5, 0.6) is 0 Å². The first-order valence-electron chi connectivity index (χ1n) is 17.1. The van der Waals surface area contributed by atoms with Crippen molar-refractivity contribution >= 4 is 49.3 Å². The summed E-state index contributed by atoms with van der Waals surface area (Å²) >= 11 is 0. The maximum atomic E-state index is 2.50. The molecule has 1 nitrogen and oxygen atoms in total. The highest BCUT2D eigenvalue weighted by Gasteiger charge is 2.22. The summed E-state index contributed by atoms with van der Waals surface area (Å²) in [6.45, 7) is 0. The van der Waals surface area contributed by atoms with Crippen LogP contribution in [0.25, 0.3) is 49.0 Å². The molecule has 0 N–H and O–H groups in total. The van der Waals surface area contributed by atoms with Crippen LogP contribution in [-0.4, -0.2) is 0 Å². The number of para-hydroxylation sites is 1. The Morgan fingerprint density at radius 1 is 0.489 bits per heavy atom. The Morgan fingerprint density at radius 3 is 1.89 bits per heavy atom. The second-order valence-electron chi connectivity index (χ2n) is 13.0. The predicted octanol–water partition coefficient (Wildman–Crippen LogP) is 13.0. The normalized spacial score (nSPS) is 16.0. The van der Waals surface area contributed by atoms with Crippen molar-refractivity contribution in [2.75, 3.05) is 4.90 Å². The summed E-state index contributed by atoms with van der Waals surface area (Å²) in [4.78, 5) is 2.37. The van der Waals surface area contributed by atoms with E-state index in [0.717, 1.165) is 38.5 Å². The topological polar surface area (TPSA) is 3.24 Å².